The number of aliphatic hydroxyl groups is 1. The van der Waals surface area contributed by atoms with Crippen LogP contribution >= 0.6 is 0 Å². The number of piperidine rings is 1. The van der Waals surface area contributed by atoms with Crippen LogP contribution in [0.3, 0.4) is 0 Å². The maximum Gasteiger partial charge on any atom is 0.0781 e. The van der Waals surface area contributed by atoms with Crippen LogP contribution in [0.25, 0.3) is 0 Å². The molecule has 3 heteroatoms. The third-order valence-electron chi connectivity index (χ3n) is 3.98. The van der Waals surface area contributed by atoms with E-state index in [2.05, 4.69) is 30.1 Å². The normalized spacial score (nSPS) is 19.2. The van der Waals surface area contributed by atoms with Crippen molar-refractivity contribution in [3.05, 3.63) is 29.8 Å². The van der Waals surface area contributed by atoms with Gasteiger partial charge in [-0.05, 0) is 31.7 Å². The number of benzene rings is 1. The summed E-state index contributed by atoms with van der Waals surface area (Å²) in [7, 11) is 0. The van der Waals surface area contributed by atoms with Crippen LogP contribution in [-0.2, 0) is 0 Å². The van der Waals surface area contributed by atoms with Crippen LogP contribution in [0.2, 0.25) is 0 Å². The number of para-hydroxylation sites is 1. The first-order valence-electron chi connectivity index (χ1n) is 7.82. The Morgan fingerprint density at radius 2 is 1.85 bits per heavy atom. The van der Waals surface area contributed by atoms with Gasteiger partial charge >= 0.3 is 0 Å². The minimum absolute atomic E-state index is 0.417. The lowest BCUT2D eigenvalue weighted by Crippen LogP contribution is -2.40. The van der Waals surface area contributed by atoms with Crippen molar-refractivity contribution < 1.29 is 5.11 Å². The minimum Gasteiger partial charge on any atom is -0.389 e. The van der Waals surface area contributed by atoms with Crippen molar-refractivity contribution in [2.75, 3.05) is 25.0 Å². The number of nitrogens with one attached hydrogen (secondary N) is 1. The molecule has 0 bridgehead atoms. The summed E-state index contributed by atoms with van der Waals surface area (Å²) >= 11 is 0. The molecule has 1 aromatic rings. The van der Waals surface area contributed by atoms with Gasteiger partial charge in [0.25, 0.3) is 0 Å². The lowest BCUT2D eigenvalue weighted by atomic mass is 10.0. The van der Waals surface area contributed by atoms with E-state index in [0.717, 1.165) is 17.2 Å². The monoisotopic (exact) mass is 276 g/mol. The predicted octanol–water partition coefficient (Wildman–Crippen LogP) is 3.27. The zero-order chi connectivity index (χ0) is 14.5. The summed E-state index contributed by atoms with van der Waals surface area (Å²) in [6, 6.07) is 8.61. The number of hydrogen-bond donors (Lipinski definition) is 2. The zero-order valence-electron chi connectivity index (χ0n) is 13.0. The molecule has 0 spiro atoms. The fourth-order valence-electron chi connectivity index (χ4n) is 2.99. The van der Waals surface area contributed by atoms with E-state index < -0.39 is 6.10 Å². The molecule has 1 heterocycles. The molecule has 1 aliphatic heterocycles. The van der Waals surface area contributed by atoms with Gasteiger partial charge in [-0.3, -0.25) is 0 Å². The highest BCUT2D eigenvalue weighted by atomic mass is 16.3. The third-order valence-corrected chi connectivity index (χ3v) is 3.98. The van der Waals surface area contributed by atoms with Gasteiger partial charge in [-0.2, -0.15) is 0 Å². The first-order chi connectivity index (χ1) is 9.56. The molecule has 0 aliphatic carbocycles. The second kappa shape index (κ2) is 7.09. The molecular formula is C17H28N2O. The van der Waals surface area contributed by atoms with Crippen molar-refractivity contribution in [2.24, 2.45) is 5.92 Å². The van der Waals surface area contributed by atoms with E-state index in [0.29, 0.717) is 6.04 Å². The largest absolute Gasteiger partial charge is 0.389 e. The molecule has 20 heavy (non-hydrogen) atoms. The standard InChI is InChI=1S/C17H28N2O/c1-13(2)12-19-10-8-15(9-11-19)18-17-7-5-4-6-16(17)14(3)20/h4-7,13-15,18,20H,8-12H2,1-3H3. The number of nitrogens with zero attached hydrogens (tertiary/aromatic N) is 1. The van der Waals surface area contributed by atoms with Crippen LogP contribution in [0.15, 0.2) is 24.3 Å². The number of rotatable bonds is 5. The van der Waals surface area contributed by atoms with Crippen molar-refractivity contribution in [1.82, 2.24) is 4.90 Å². The second-order valence-electron chi connectivity index (χ2n) is 6.38. The van der Waals surface area contributed by atoms with Crippen molar-refractivity contribution in [3.8, 4) is 0 Å². The predicted molar refractivity (Wildman–Crippen MR) is 85.0 cm³/mol. The van der Waals surface area contributed by atoms with Crippen molar-refractivity contribution in [1.29, 1.82) is 0 Å². The fraction of sp³-hybridized carbons (Fsp3) is 0.647. The molecule has 1 aliphatic rings. The van der Waals surface area contributed by atoms with Gasteiger partial charge in [0, 0.05) is 36.9 Å². The van der Waals surface area contributed by atoms with Crippen LogP contribution in [0, 0.1) is 5.92 Å². The Hall–Kier alpha value is -1.06. The molecule has 1 unspecified atom stereocenters. The van der Waals surface area contributed by atoms with Crippen LogP contribution in [0.4, 0.5) is 5.69 Å². The molecule has 0 saturated carbocycles. The first-order valence-corrected chi connectivity index (χ1v) is 7.82. The van der Waals surface area contributed by atoms with Crippen LogP contribution in [0.5, 0.6) is 0 Å². The van der Waals surface area contributed by atoms with Gasteiger partial charge in [-0.1, -0.05) is 32.0 Å². The van der Waals surface area contributed by atoms with Gasteiger partial charge in [-0.25, -0.2) is 0 Å². The number of anilines is 1. The summed E-state index contributed by atoms with van der Waals surface area (Å²) in [6.45, 7) is 9.94. The van der Waals surface area contributed by atoms with Crippen LogP contribution < -0.4 is 5.32 Å². The molecule has 1 saturated heterocycles. The lowest BCUT2D eigenvalue weighted by Gasteiger charge is -2.34. The third kappa shape index (κ3) is 4.22. The van der Waals surface area contributed by atoms with Crippen LogP contribution in [0.1, 0.15) is 45.3 Å². The maximum absolute atomic E-state index is 9.83. The number of hydrogen-bond acceptors (Lipinski definition) is 3. The summed E-state index contributed by atoms with van der Waals surface area (Å²) in [4.78, 5) is 2.56. The van der Waals surface area contributed by atoms with E-state index in [1.54, 1.807) is 0 Å². The summed E-state index contributed by atoms with van der Waals surface area (Å²) in [6.07, 6.45) is 1.95. The lowest BCUT2D eigenvalue weighted by molar-refractivity contribution is 0.195. The summed E-state index contributed by atoms with van der Waals surface area (Å²) in [5, 5.41) is 13.4. The molecule has 2 N–H and O–H groups in total. The summed E-state index contributed by atoms with van der Waals surface area (Å²) < 4.78 is 0. The Morgan fingerprint density at radius 3 is 2.45 bits per heavy atom. The average Bonchev–Trinajstić information content (AvgIpc) is 2.41. The summed E-state index contributed by atoms with van der Waals surface area (Å²) in [5.41, 5.74) is 2.09. The highest BCUT2D eigenvalue weighted by Crippen LogP contribution is 2.25. The maximum atomic E-state index is 9.83. The van der Waals surface area contributed by atoms with Crippen molar-refractivity contribution >= 4 is 5.69 Å². The summed E-state index contributed by atoms with van der Waals surface area (Å²) in [5.74, 6) is 0.746. The Bertz CT molecular complexity index is 409. The molecule has 2 rings (SSSR count). The van der Waals surface area contributed by atoms with Gasteiger partial charge in [0.15, 0.2) is 0 Å². The number of likely N-dealkylation sites (tertiary alicyclic amines) is 1. The Morgan fingerprint density at radius 1 is 1.20 bits per heavy atom. The van der Waals surface area contributed by atoms with E-state index >= 15 is 0 Å². The topological polar surface area (TPSA) is 35.5 Å². The van der Waals surface area contributed by atoms with E-state index in [1.165, 1.54) is 32.5 Å². The Labute approximate surface area is 123 Å². The van der Waals surface area contributed by atoms with Crippen LogP contribution in [-0.4, -0.2) is 35.7 Å². The van der Waals surface area contributed by atoms with Crippen molar-refractivity contribution in [3.63, 3.8) is 0 Å². The quantitative estimate of drug-likeness (QED) is 0.866. The van der Waals surface area contributed by atoms with Gasteiger partial charge in [-0.15, -0.1) is 0 Å². The highest BCUT2D eigenvalue weighted by molar-refractivity contribution is 5.52. The van der Waals surface area contributed by atoms with E-state index in [-0.39, 0.29) is 0 Å². The molecule has 0 amide bonds. The van der Waals surface area contributed by atoms with Gasteiger partial charge < -0.3 is 15.3 Å². The highest BCUT2D eigenvalue weighted by Gasteiger charge is 2.20. The van der Waals surface area contributed by atoms with Crippen molar-refractivity contribution in [2.45, 2.75) is 45.8 Å². The minimum atomic E-state index is -0.417. The molecule has 112 valence electrons. The van der Waals surface area contributed by atoms with E-state index in [9.17, 15) is 5.11 Å². The molecule has 0 aromatic heterocycles. The van der Waals surface area contributed by atoms with Gasteiger partial charge in [0.1, 0.15) is 0 Å². The molecule has 1 atom stereocenters. The van der Waals surface area contributed by atoms with Gasteiger partial charge in [0.05, 0.1) is 6.10 Å². The fourth-order valence-corrected chi connectivity index (χ4v) is 2.99. The Kier molecular flexibility index (Phi) is 5.44. The smallest absolute Gasteiger partial charge is 0.0781 e. The molecule has 1 fully saturated rings. The Balaban J connectivity index is 1.90. The van der Waals surface area contributed by atoms with E-state index in [1.807, 2.05) is 25.1 Å². The average molecular weight is 276 g/mol. The SMILES string of the molecule is CC(C)CN1CCC(Nc2ccccc2C(C)O)CC1. The zero-order valence-corrected chi connectivity index (χ0v) is 13.0. The van der Waals surface area contributed by atoms with Gasteiger partial charge in [0.2, 0.25) is 0 Å². The molecular weight excluding hydrogens is 248 g/mol. The molecule has 1 aromatic carbocycles. The second-order valence-corrected chi connectivity index (χ2v) is 6.38. The number of aliphatic hydroxyl groups excluding tert-OH is 1. The molecule has 3 nitrogen and oxygen atoms in total. The van der Waals surface area contributed by atoms with E-state index in [4.69, 9.17) is 0 Å². The first kappa shape index (κ1) is 15.3. The molecule has 0 radical (unpaired) electrons.